The van der Waals surface area contributed by atoms with Crippen molar-refractivity contribution in [2.24, 2.45) is 0 Å². The average molecular weight is 434 g/mol. The molecule has 0 bridgehead atoms. The third-order valence-electron chi connectivity index (χ3n) is 5.40. The molecule has 3 rings (SSSR count). The molecular weight excluding hydrogens is 409 g/mol. The van der Waals surface area contributed by atoms with E-state index < -0.39 is 17.6 Å². The Morgan fingerprint density at radius 3 is 2.03 bits per heavy atom. The number of carbonyl (C=O) groups is 2. The molecule has 1 saturated heterocycles. The molecule has 166 valence electrons. The lowest BCUT2D eigenvalue weighted by Gasteiger charge is -2.35. The Kier molecular flexibility index (Phi) is 6.82. The first kappa shape index (κ1) is 22.6. The molecular formula is C22H25F3N4O2. The minimum atomic E-state index is -4.60. The number of nitrogens with zero attached hydrogens (tertiary/aromatic N) is 4. The molecule has 0 saturated carbocycles. The predicted molar refractivity (Wildman–Crippen MR) is 111 cm³/mol. The van der Waals surface area contributed by atoms with Gasteiger partial charge in [-0.2, -0.15) is 13.2 Å². The highest BCUT2D eigenvalue weighted by Crippen LogP contribution is 2.32. The molecule has 2 aromatic rings. The molecule has 1 aromatic heterocycles. The zero-order valence-corrected chi connectivity index (χ0v) is 17.5. The van der Waals surface area contributed by atoms with Crippen molar-refractivity contribution >= 4 is 17.6 Å². The maximum atomic E-state index is 13.2. The van der Waals surface area contributed by atoms with Crippen LogP contribution in [0.5, 0.6) is 0 Å². The van der Waals surface area contributed by atoms with E-state index >= 15 is 0 Å². The van der Waals surface area contributed by atoms with Gasteiger partial charge < -0.3 is 14.7 Å². The second-order valence-corrected chi connectivity index (χ2v) is 7.21. The zero-order chi connectivity index (χ0) is 22.6. The lowest BCUT2D eigenvalue weighted by Crippen LogP contribution is -2.50. The van der Waals surface area contributed by atoms with E-state index in [4.69, 9.17) is 0 Å². The monoisotopic (exact) mass is 434 g/mol. The van der Waals surface area contributed by atoms with Gasteiger partial charge in [-0.15, -0.1) is 0 Å². The first-order chi connectivity index (χ1) is 14.8. The number of hydrogen-bond acceptors (Lipinski definition) is 4. The number of alkyl halides is 3. The van der Waals surface area contributed by atoms with Gasteiger partial charge in [0.15, 0.2) is 0 Å². The van der Waals surface area contributed by atoms with Crippen LogP contribution in [-0.4, -0.2) is 65.9 Å². The number of benzene rings is 1. The SMILES string of the molecule is CCN(CC)c1ccc(C(=O)N2CCN(C(=O)c3ccccc3C(F)(F)F)CC2)cn1. The average Bonchev–Trinajstić information content (AvgIpc) is 2.79. The Morgan fingerprint density at radius 1 is 0.935 bits per heavy atom. The topological polar surface area (TPSA) is 56.8 Å². The summed E-state index contributed by atoms with van der Waals surface area (Å²) in [5, 5.41) is 0. The number of anilines is 1. The van der Waals surface area contributed by atoms with Gasteiger partial charge in [0.1, 0.15) is 5.82 Å². The summed E-state index contributed by atoms with van der Waals surface area (Å²) in [5.41, 5.74) is -0.873. The molecule has 1 aliphatic heterocycles. The molecule has 1 aromatic carbocycles. The Labute approximate surface area is 179 Å². The van der Waals surface area contributed by atoms with Crippen LogP contribution in [0.3, 0.4) is 0 Å². The lowest BCUT2D eigenvalue weighted by atomic mass is 10.1. The highest BCUT2D eigenvalue weighted by atomic mass is 19.4. The predicted octanol–water partition coefficient (Wildman–Crippen LogP) is 3.54. The summed E-state index contributed by atoms with van der Waals surface area (Å²) in [6, 6.07) is 8.29. The van der Waals surface area contributed by atoms with Crippen molar-refractivity contribution in [2.45, 2.75) is 20.0 Å². The van der Waals surface area contributed by atoms with Crippen LogP contribution in [0.4, 0.5) is 19.0 Å². The van der Waals surface area contributed by atoms with Gasteiger partial charge >= 0.3 is 6.18 Å². The fourth-order valence-corrected chi connectivity index (χ4v) is 3.63. The third-order valence-corrected chi connectivity index (χ3v) is 5.40. The summed E-state index contributed by atoms with van der Waals surface area (Å²) in [6.07, 6.45) is -3.07. The van der Waals surface area contributed by atoms with Crippen LogP contribution < -0.4 is 4.90 Å². The van der Waals surface area contributed by atoms with Crippen molar-refractivity contribution < 1.29 is 22.8 Å². The van der Waals surface area contributed by atoms with Crippen molar-refractivity contribution in [3.8, 4) is 0 Å². The first-order valence-corrected chi connectivity index (χ1v) is 10.2. The molecule has 6 nitrogen and oxygen atoms in total. The number of hydrogen-bond donors (Lipinski definition) is 0. The van der Waals surface area contributed by atoms with E-state index in [0.29, 0.717) is 5.56 Å². The number of rotatable bonds is 5. The minimum Gasteiger partial charge on any atom is -0.357 e. The highest BCUT2D eigenvalue weighted by molar-refractivity contribution is 5.97. The zero-order valence-electron chi connectivity index (χ0n) is 17.5. The van der Waals surface area contributed by atoms with Crippen molar-refractivity contribution in [3.05, 3.63) is 59.3 Å². The second-order valence-electron chi connectivity index (χ2n) is 7.21. The maximum Gasteiger partial charge on any atom is 0.417 e. The van der Waals surface area contributed by atoms with Crippen molar-refractivity contribution in [1.29, 1.82) is 0 Å². The van der Waals surface area contributed by atoms with Crippen LogP contribution >= 0.6 is 0 Å². The maximum absolute atomic E-state index is 13.2. The van der Waals surface area contributed by atoms with Crippen LogP contribution in [0.25, 0.3) is 0 Å². The quantitative estimate of drug-likeness (QED) is 0.722. The van der Waals surface area contributed by atoms with Crippen LogP contribution in [0.15, 0.2) is 42.6 Å². The van der Waals surface area contributed by atoms with Gasteiger partial charge in [0.05, 0.1) is 16.7 Å². The van der Waals surface area contributed by atoms with Gasteiger partial charge in [0.25, 0.3) is 11.8 Å². The Balaban J connectivity index is 1.65. The molecule has 2 amide bonds. The molecule has 1 aliphatic rings. The van der Waals surface area contributed by atoms with Crippen molar-refractivity contribution in [3.63, 3.8) is 0 Å². The molecule has 0 N–H and O–H groups in total. The van der Waals surface area contributed by atoms with E-state index in [1.807, 2.05) is 13.8 Å². The smallest absolute Gasteiger partial charge is 0.357 e. The van der Waals surface area contributed by atoms with Crippen LogP contribution in [0.1, 0.15) is 40.1 Å². The fourth-order valence-electron chi connectivity index (χ4n) is 3.63. The molecule has 0 radical (unpaired) electrons. The van der Waals surface area contributed by atoms with Gasteiger partial charge in [-0.1, -0.05) is 12.1 Å². The van der Waals surface area contributed by atoms with Crippen LogP contribution in [0.2, 0.25) is 0 Å². The summed E-state index contributed by atoms with van der Waals surface area (Å²) in [4.78, 5) is 34.8. The van der Waals surface area contributed by atoms with Crippen molar-refractivity contribution in [2.75, 3.05) is 44.2 Å². The van der Waals surface area contributed by atoms with E-state index in [2.05, 4.69) is 9.88 Å². The molecule has 0 unspecified atom stereocenters. The fraction of sp³-hybridized carbons (Fsp3) is 0.409. The Morgan fingerprint density at radius 2 is 1.52 bits per heavy atom. The molecule has 31 heavy (non-hydrogen) atoms. The summed E-state index contributed by atoms with van der Waals surface area (Å²) >= 11 is 0. The minimum absolute atomic E-state index is 0.168. The first-order valence-electron chi connectivity index (χ1n) is 10.2. The van der Waals surface area contributed by atoms with Crippen LogP contribution in [0, 0.1) is 0 Å². The number of piperazine rings is 1. The van der Waals surface area contributed by atoms with Crippen molar-refractivity contribution in [1.82, 2.24) is 14.8 Å². The number of pyridine rings is 1. The largest absolute Gasteiger partial charge is 0.417 e. The van der Waals surface area contributed by atoms with Gasteiger partial charge in [-0.05, 0) is 38.1 Å². The number of aromatic nitrogens is 1. The standard InChI is InChI=1S/C22H25F3N4O2/c1-3-27(4-2)19-10-9-16(15-26-19)20(30)28-11-13-29(14-12-28)21(31)17-7-5-6-8-18(17)22(23,24)25/h5-10,15H,3-4,11-14H2,1-2H3. The van der Waals surface area contributed by atoms with Crippen LogP contribution in [-0.2, 0) is 6.18 Å². The normalized spacial score (nSPS) is 14.5. The molecule has 0 aliphatic carbocycles. The molecule has 0 atom stereocenters. The number of carbonyl (C=O) groups excluding carboxylic acids is 2. The van der Waals surface area contributed by atoms with E-state index in [-0.39, 0.29) is 37.6 Å². The summed E-state index contributed by atoms with van der Waals surface area (Å²) in [7, 11) is 0. The highest BCUT2D eigenvalue weighted by Gasteiger charge is 2.36. The van der Waals surface area contributed by atoms with E-state index in [0.717, 1.165) is 25.0 Å². The van der Waals surface area contributed by atoms with E-state index in [9.17, 15) is 22.8 Å². The number of amides is 2. The molecule has 9 heteroatoms. The van der Waals surface area contributed by atoms with Gasteiger partial charge in [0.2, 0.25) is 0 Å². The van der Waals surface area contributed by atoms with E-state index in [1.165, 1.54) is 29.3 Å². The number of halogens is 3. The van der Waals surface area contributed by atoms with Gasteiger partial charge in [-0.25, -0.2) is 4.98 Å². The lowest BCUT2D eigenvalue weighted by molar-refractivity contribution is -0.138. The van der Waals surface area contributed by atoms with Gasteiger partial charge in [0, 0.05) is 45.5 Å². The summed E-state index contributed by atoms with van der Waals surface area (Å²) < 4.78 is 39.7. The van der Waals surface area contributed by atoms with E-state index in [1.54, 1.807) is 17.0 Å². The third kappa shape index (κ3) is 4.98. The Hall–Kier alpha value is -3.10. The second kappa shape index (κ2) is 9.36. The van der Waals surface area contributed by atoms with Gasteiger partial charge in [-0.3, -0.25) is 9.59 Å². The summed E-state index contributed by atoms with van der Waals surface area (Å²) in [5.74, 6) is -0.0908. The molecule has 2 heterocycles. The Bertz CT molecular complexity index is 919. The molecule has 0 spiro atoms. The molecule has 1 fully saturated rings. The summed E-state index contributed by atoms with van der Waals surface area (Å²) in [6.45, 7) is 6.50.